The summed E-state index contributed by atoms with van der Waals surface area (Å²) in [6.45, 7) is 11.4. The number of nitrogens with zero attached hydrogens (tertiary/aromatic N) is 3. The minimum atomic E-state index is -0.842. The number of nitriles is 1. The molecule has 1 atom stereocenters. The second kappa shape index (κ2) is 8.48. The molecular formula is C18H32N4O2. The minimum absolute atomic E-state index is 0.0429. The Hall–Kier alpha value is -1.61. The third kappa shape index (κ3) is 5.20. The summed E-state index contributed by atoms with van der Waals surface area (Å²) in [7, 11) is 1.85. The van der Waals surface area contributed by atoms with Crippen LogP contribution >= 0.6 is 0 Å². The van der Waals surface area contributed by atoms with Gasteiger partial charge in [0.25, 0.3) is 0 Å². The highest BCUT2D eigenvalue weighted by Crippen LogP contribution is 2.20. The number of rotatable bonds is 6. The fourth-order valence-electron chi connectivity index (χ4n) is 2.71. The van der Waals surface area contributed by atoms with Crippen molar-refractivity contribution in [2.24, 2.45) is 11.8 Å². The largest absolute Gasteiger partial charge is 0.343 e. The molecule has 0 saturated carbocycles. The number of amides is 2. The maximum atomic E-state index is 12.4. The Morgan fingerprint density at radius 1 is 1.29 bits per heavy atom. The van der Waals surface area contributed by atoms with Crippen LogP contribution in [-0.4, -0.2) is 59.9 Å². The number of carbonyl (C=O) groups is 2. The number of piperidine rings is 1. The molecule has 6 heteroatoms. The van der Waals surface area contributed by atoms with Gasteiger partial charge in [0, 0.05) is 19.0 Å². The van der Waals surface area contributed by atoms with Crippen LogP contribution in [0.2, 0.25) is 0 Å². The van der Waals surface area contributed by atoms with E-state index < -0.39 is 5.54 Å². The Balaban J connectivity index is 2.48. The summed E-state index contributed by atoms with van der Waals surface area (Å²) in [5, 5.41) is 12.1. The van der Waals surface area contributed by atoms with Crippen LogP contribution in [0.15, 0.2) is 0 Å². The van der Waals surface area contributed by atoms with Crippen molar-refractivity contribution in [3.8, 4) is 6.07 Å². The molecule has 0 aromatic heterocycles. The van der Waals surface area contributed by atoms with Gasteiger partial charge in [-0.05, 0) is 52.6 Å². The molecule has 0 aliphatic carbocycles. The van der Waals surface area contributed by atoms with Gasteiger partial charge in [0.2, 0.25) is 11.8 Å². The molecule has 1 aliphatic rings. The van der Waals surface area contributed by atoms with Gasteiger partial charge in [-0.3, -0.25) is 14.5 Å². The molecule has 1 aliphatic heterocycles. The lowest BCUT2D eigenvalue weighted by molar-refractivity contribution is -0.137. The lowest BCUT2D eigenvalue weighted by Crippen LogP contribution is -2.53. The second-order valence-electron chi connectivity index (χ2n) is 7.61. The van der Waals surface area contributed by atoms with E-state index in [1.807, 2.05) is 34.7 Å². The average Bonchev–Trinajstić information content (AvgIpc) is 2.53. The molecule has 0 aromatic carbocycles. The topological polar surface area (TPSA) is 76.4 Å². The highest BCUT2D eigenvalue weighted by molar-refractivity contribution is 5.80. The Bertz CT molecular complexity index is 490. The number of hydrogen-bond acceptors (Lipinski definition) is 4. The van der Waals surface area contributed by atoms with Gasteiger partial charge in [-0.2, -0.15) is 5.26 Å². The van der Waals surface area contributed by atoms with Gasteiger partial charge in [-0.1, -0.05) is 13.8 Å². The van der Waals surface area contributed by atoms with E-state index in [4.69, 9.17) is 0 Å². The molecule has 0 radical (unpaired) electrons. The number of nitrogens with one attached hydrogen (secondary N) is 1. The van der Waals surface area contributed by atoms with Crippen molar-refractivity contribution in [2.75, 3.05) is 26.7 Å². The molecule has 0 unspecified atom stereocenters. The fourth-order valence-corrected chi connectivity index (χ4v) is 2.71. The number of carbonyl (C=O) groups excluding carboxylic acids is 2. The van der Waals surface area contributed by atoms with Crippen LogP contribution in [0.4, 0.5) is 0 Å². The van der Waals surface area contributed by atoms with Crippen LogP contribution in [-0.2, 0) is 9.59 Å². The summed E-state index contributed by atoms with van der Waals surface area (Å²) >= 11 is 0. The highest BCUT2D eigenvalue weighted by atomic mass is 16.2. The number of likely N-dealkylation sites (tertiary alicyclic amines) is 1. The number of hydrogen-bond donors (Lipinski definition) is 1. The zero-order valence-corrected chi connectivity index (χ0v) is 15.9. The van der Waals surface area contributed by atoms with E-state index in [-0.39, 0.29) is 36.2 Å². The standard InChI is InChI=1S/C18H32N4O2/c1-13(2)18(5,12-19)20-16(23)11-22-9-7-15(8-10-22)17(24)21(6)14(3)4/h13-15H,7-11H2,1-6H3,(H,20,23)/t18-/m0/s1. The zero-order valence-electron chi connectivity index (χ0n) is 15.9. The molecule has 2 amide bonds. The van der Waals surface area contributed by atoms with Crippen LogP contribution in [0.25, 0.3) is 0 Å². The van der Waals surface area contributed by atoms with E-state index in [0.717, 1.165) is 25.9 Å². The van der Waals surface area contributed by atoms with Gasteiger partial charge in [0.05, 0.1) is 12.6 Å². The molecule has 1 saturated heterocycles. The lowest BCUT2D eigenvalue weighted by Gasteiger charge is -2.34. The minimum Gasteiger partial charge on any atom is -0.343 e. The van der Waals surface area contributed by atoms with Gasteiger partial charge in [0.15, 0.2) is 0 Å². The van der Waals surface area contributed by atoms with E-state index >= 15 is 0 Å². The first-order chi connectivity index (χ1) is 11.1. The maximum absolute atomic E-state index is 12.4. The Labute approximate surface area is 146 Å². The smallest absolute Gasteiger partial charge is 0.235 e. The van der Waals surface area contributed by atoms with E-state index in [1.54, 1.807) is 11.8 Å². The molecule has 136 valence electrons. The van der Waals surface area contributed by atoms with E-state index in [9.17, 15) is 14.9 Å². The zero-order chi connectivity index (χ0) is 18.5. The molecule has 0 bridgehead atoms. The predicted octanol–water partition coefficient (Wildman–Crippen LogP) is 1.62. The normalized spacial score (nSPS) is 19.0. The van der Waals surface area contributed by atoms with Crippen molar-refractivity contribution in [3.63, 3.8) is 0 Å². The monoisotopic (exact) mass is 336 g/mol. The van der Waals surface area contributed by atoms with Gasteiger partial charge in [-0.25, -0.2) is 0 Å². The van der Waals surface area contributed by atoms with Gasteiger partial charge in [-0.15, -0.1) is 0 Å². The SMILES string of the molecule is CC(C)N(C)C(=O)C1CCN(CC(=O)N[C@@](C)(C#N)C(C)C)CC1. The van der Waals surface area contributed by atoms with Crippen molar-refractivity contribution in [1.29, 1.82) is 5.26 Å². The summed E-state index contributed by atoms with van der Waals surface area (Å²) in [6.07, 6.45) is 1.56. The predicted molar refractivity (Wildman–Crippen MR) is 94.1 cm³/mol. The summed E-state index contributed by atoms with van der Waals surface area (Å²) in [4.78, 5) is 28.4. The van der Waals surface area contributed by atoms with E-state index in [1.165, 1.54) is 0 Å². The van der Waals surface area contributed by atoms with Gasteiger partial charge in [0.1, 0.15) is 5.54 Å². The molecule has 1 rings (SSSR count). The molecule has 6 nitrogen and oxygen atoms in total. The van der Waals surface area contributed by atoms with Crippen molar-refractivity contribution in [2.45, 2.75) is 59.0 Å². The first-order valence-electron chi connectivity index (χ1n) is 8.82. The Kier molecular flexibility index (Phi) is 7.22. The fraction of sp³-hybridized carbons (Fsp3) is 0.833. The molecule has 0 aromatic rings. The van der Waals surface area contributed by atoms with Crippen LogP contribution in [0.5, 0.6) is 0 Å². The molecule has 1 heterocycles. The van der Waals surface area contributed by atoms with E-state index in [2.05, 4.69) is 16.3 Å². The van der Waals surface area contributed by atoms with Crippen LogP contribution in [0.1, 0.15) is 47.5 Å². The van der Waals surface area contributed by atoms with Crippen LogP contribution in [0, 0.1) is 23.2 Å². The average molecular weight is 336 g/mol. The molecular weight excluding hydrogens is 304 g/mol. The second-order valence-corrected chi connectivity index (χ2v) is 7.61. The summed E-state index contributed by atoms with van der Waals surface area (Å²) in [6, 6.07) is 2.40. The summed E-state index contributed by atoms with van der Waals surface area (Å²) in [5.74, 6) is 0.168. The molecule has 0 spiro atoms. The van der Waals surface area contributed by atoms with Crippen molar-refractivity contribution < 1.29 is 9.59 Å². The quantitative estimate of drug-likeness (QED) is 0.800. The van der Waals surface area contributed by atoms with Crippen molar-refractivity contribution >= 4 is 11.8 Å². The van der Waals surface area contributed by atoms with Gasteiger partial charge >= 0.3 is 0 Å². The van der Waals surface area contributed by atoms with E-state index in [0.29, 0.717) is 0 Å². The maximum Gasteiger partial charge on any atom is 0.235 e. The Morgan fingerprint density at radius 3 is 2.25 bits per heavy atom. The summed E-state index contributed by atoms with van der Waals surface area (Å²) < 4.78 is 0. The summed E-state index contributed by atoms with van der Waals surface area (Å²) in [5.41, 5.74) is -0.842. The molecule has 24 heavy (non-hydrogen) atoms. The van der Waals surface area contributed by atoms with Crippen LogP contribution in [0.3, 0.4) is 0 Å². The first kappa shape index (κ1) is 20.4. The van der Waals surface area contributed by atoms with Crippen LogP contribution < -0.4 is 5.32 Å². The van der Waals surface area contributed by atoms with Gasteiger partial charge < -0.3 is 10.2 Å². The molecule has 1 fully saturated rings. The Morgan fingerprint density at radius 2 is 1.83 bits per heavy atom. The third-order valence-electron chi connectivity index (χ3n) is 5.21. The first-order valence-corrected chi connectivity index (χ1v) is 8.82. The van der Waals surface area contributed by atoms with Crippen molar-refractivity contribution in [1.82, 2.24) is 15.1 Å². The lowest BCUT2D eigenvalue weighted by atomic mass is 9.90. The highest BCUT2D eigenvalue weighted by Gasteiger charge is 2.32. The molecule has 1 N–H and O–H groups in total. The van der Waals surface area contributed by atoms with Crippen molar-refractivity contribution in [3.05, 3.63) is 0 Å². The third-order valence-corrected chi connectivity index (χ3v) is 5.21.